The van der Waals surface area contributed by atoms with Gasteiger partial charge in [0.2, 0.25) is 0 Å². The van der Waals surface area contributed by atoms with E-state index in [1.807, 2.05) is 30.3 Å². The minimum Gasteiger partial charge on any atom is -0.508 e. The molecule has 1 nitrogen and oxygen atoms in total. The average Bonchev–Trinajstić information content (AvgIpc) is 3.14. The van der Waals surface area contributed by atoms with Crippen molar-refractivity contribution in [2.75, 3.05) is 0 Å². The Morgan fingerprint density at radius 3 is 2.06 bits per heavy atom. The van der Waals surface area contributed by atoms with Gasteiger partial charge in [0.05, 0.1) is 0 Å². The van der Waals surface area contributed by atoms with Crippen LogP contribution < -0.4 is 0 Å². The van der Waals surface area contributed by atoms with Gasteiger partial charge in [-0.2, -0.15) is 0 Å². The largest absolute Gasteiger partial charge is 0.508 e. The Labute approximate surface area is 292 Å². The summed E-state index contributed by atoms with van der Waals surface area (Å²) in [6.45, 7) is 15.6. The summed E-state index contributed by atoms with van der Waals surface area (Å²) in [5.74, 6) is 3.54. The SMILES string of the molecule is C=CC(CCCCC)CC1CCCCC1.CCCCCCCC1(C)CC(C)CC=CCC(c2ccc(O)cc2)C1.Cc1ccccc1. The normalized spacial score (nSPS) is 22.3. The molecule has 47 heavy (non-hydrogen) atoms. The second-order valence-corrected chi connectivity index (χ2v) is 15.6. The molecule has 0 aromatic heterocycles. The van der Waals surface area contributed by atoms with E-state index in [1.54, 1.807) is 0 Å². The van der Waals surface area contributed by atoms with Crippen LogP contribution in [-0.2, 0) is 0 Å². The number of hydrogen-bond donors (Lipinski definition) is 1. The lowest BCUT2D eigenvalue weighted by atomic mass is 9.70. The predicted octanol–water partition coefficient (Wildman–Crippen LogP) is 14.9. The number of aryl methyl sites for hydroxylation is 1. The topological polar surface area (TPSA) is 20.2 Å². The molecule has 1 N–H and O–H groups in total. The summed E-state index contributed by atoms with van der Waals surface area (Å²) in [5, 5.41) is 9.61. The van der Waals surface area contributed by atoms with Crippen molar-refractivity contribution in [3.63, 3.8) is 0 Å². The Morgan fingerprint density at radius 1 is 0.809 bits per heavy atom. The zero-order chi connectivity index (χ0) is 34.2. The van der Waals surface area contributed by atoms with E-state index in [9.17, 15) is 5.11 Å². The van der Waals surface area contributed by atoms with Gasteiger partial charge in [-0.25, -0.2) is 0 Å². The smallest absolute Gasteiger partial charge is 0.115 e. The Bertz CT molecular complexity index is 1050. The summed E-state index contributed by atoms with van der Waals surface area (Å²) in [7, 11) is 0. The van der Waals surface area contributed by atoms with E-state index in [0.29, 0.717) is 17.1 Å². The van der Waals surface area contributed by atoms with Gasteiger partial charge in [0.15, 0.2) is 0 Å². The third-order valence-corrected chi connectivity index (χ3v) is 10.8. The Balaban J connectivity index is 0.000000292. The van der Waals surface area contributed by atoms with Gasteiger partial charge in [-0.1, -0.05) is 177 Å². The van der Waals surface area contributed by atoms with Gasteiger partial charge < -0.3 is 5.11 Å². The number of phenols is 1. The van der Waals surface area contributed by atoms with E-state index < -0.39 is 0 Å². The fraction of sp³-hybridized carbons (Fsp3) is 0.652. The van der Waals surface area contributed by atoms with Crippen molar-refractivity contribution in [1.29, 1.82) is 0 Å². The Morgan fingerprint density at radius 2 is 1.45 bits per heavy atom. The number of aromatic hydroxyl groups is 1. The first-order valence-electron chi connectivity index (χ1n) is 19.9. The van der Waals surface area contributed by atoms with Gasteiger partial charge in [0.1, 0.15) is 5.75 Å². The van der Waals surface area contributed by atoms with Crippen molar-refractivity contribution in [2.24, 2.45) is 23.2 Å². The standard InChI is InChI=1S/C24H38O.C15H28.C7H8/c1-4-5-6-7-10-17-24(3)18-20(2)11-8-9-12-22(19-24)21-13-15-23(25)16-14-21;1-3-5-7-10-14(4-2)13-15-11-8-6-9-12-15;1-7-5-3-2-4-6-7/h8-9,13-16,20,22,25H,4-7,10-12,17-19H2,1-3H3;4,14-15H,2-3,5-13H2,1H3;2-6H,1H3. The number of rotatable bonds is 14. The minimum atomic E-state index is 0.370. The van der Waals surface area contributed by atoms with Crippen molar-refractivity contribution in [3.8, 4) is 5.75 Å². The summed E-state index contributed by atoms with van der Waals surface area (Å²) in [6.07, 6.45) is 34.5. The highest BCUT2D eigenvalue weighted by molar-refractivity contribution is 5.29. The Kier molecular flexibility index (Phi) is 21.6. The minimum absolute atomic E-state index is 0.370. The lowest BCUT2D eigenvalue weighted by molar-refractivity contribution is 0.190. The third kappa shape index (κ3) is 18.7. The van der Waals surface area contributed by atoms with Crippen molar-refractivity contribution in [2.45, 2.75) is 169 Å². The van der Waals surface area contributed by atoms with E-state index in [-0.39, 0.29) is 0 Å². The van der Waals surface area contributed by atoms with Crippen molar-refractivity contribution < 1.29 is 5.11 Å². The van der Waals surface area contributed by atoms with Crippen LogP contribution in [0.15, 0.2) is 79.4 Å². The van der Waals surface area contributed by atoms with Gasteiger partial charge in [0.25, 0.3) is 0 Å². The molecule has 0 aliphatic heterocycles. The van der Waals surface area contributed by atoms with Crippen LogP contribution in [0.3, 0.4) is 0 Å². The molecule has 1 saturated carbocycles. The van der Waals surface area contributed by atoms with Crippen LogP contribution in [-0.4, -0.2) is 5.11 Å². The highest BCUT2D eigenvalue weighted by Crippen LogP contribution is 2.44. The molecule has 0 spiro atoms. The molecule has 0 amide bonds. The first-order valence-corrected chi connectivity index (χ1v) is 19.9. The number of hydrogen-bond acceptors (Lipinski definition) is 1. The van der Waals surface area contributed by atoms with E-state index in [1.165, 1.54) is 133 Å². The highest BCUT2D eigenvalue weighted by atomic mass is 16.3. The summed E-state index contributed by atoms with van der Waals surface area (Å²) < 4.78 is 0. The molecule has 2 aromatic carbocycles. The summed E-state index contributed by atoms with van der Waals surface area (Å²) in [5.41, 5.74) is 3.14. The van der Waals surface area contributed by atoms with Crippen molar-refractivity contribution >= 4 is 0 Å². The highest BCUT2D eigenvalue weighted by Gasteiger charge is 2.30. The Hall–Kier alpha value is -2.28. The zero-order valence-electron chi connectivity index (χ0n) is 31.5. The zero-order valence-corrected chi connectivity index (χ0v) is 31.5. The molecule has 4 atom stereocenters. The van der Waals surface area contributed by atoms with E-state index in [0.717, 1.165) is 24.2 Å². The van der Waals surface area contributed by atoms with E-state index >= 15 is 0 Å². The molecular formula is C46H74O. The lowest BCUT2D eigenvalue weighted by Crippen LogP contribution is -2.22. The van der Waals surface area contributed by atoms with Gasteiger partial charge in [-0.05, 0) is 98.7 Å². The molecule has 264 valence electrons. The molecule has 1 fully saturated rings. The first-order chi connectivity index (χ1) is 22.8. The third-order valence-electron chi connectivity index (χ3n) is 10.8. The van der Waals surface area contributed by atoms with Gasteiger partial charge in [-0.15, -0.1) is 6.58 Å². The fourth-order valence-electron chi connectivity index (χ4n) is 8.01. The predicted molar refractivity (Wildman–Crippen MR) is 209 cm³/mol. The average molecular weight is 643 g/mol. The van der Waals surface area contributed by atoms with E-state index in [2.05, 4.69) is 83.7 Å². The number of unbranched alkanes of at least 4 members (excludes halogenated alkanes) is 6. The van der Waals surface area contributed by atoms with Crippen molar-refractivity contribution in [1.82, 2.24) is 0 Å². The molecule has 2 aromatic rings. The number of benzene rings is 2. The van der Waals surface area contributed by atoms with Crippen LogP contribution in [0.2, 0.25) is 0 Å². The van der Waals surface area contributed by atoms with Gasteiger partial charge in [-0.3, -0.25) is 0 Å². The second-order valence-electron chi connectivity index (χ2n) is 15.6. The summed E-state index contributed by atoms with van der Waals surface area (Å²) in [4.78, 5) is 0. The number of allylic oxidation sites excluding steroid dienone is 3. The maximum atomic E-state index is 9.61. The van der Waals surface area contributed by atoms with Gasteiger partial charge in [0, 0.05) is 0 Å². The lowest BCUT2D eigenvalue weighted by Gasteiger charge is -2.35. The molecule has 2 aliphatic rings. The van der Waals surface area contributed by atoms with Crippen LogP contribution in [0.25, 0.3) is 0 Å². The molecule has 2 aliphatic carbocycles. The van der Waals surface area contributed by atoms with Crippen LogP contribution in [0.4, 0.5) is 0 Å². The molecular weight excluding hydrogens is 569 g/mol. The molecule has 4 unspecified atom stereocenters. The second kappa shape index (κ2) is 24.8. The van der Waals surface area contributed by atoms with Crippen LogP contribution in [0.5, 0.6) is 5.75 Å². The first kappa shape index (κ1) is 40.9. The van der Waals surface area contributed by atoms with Gasteiger partial charge >= 0.3 is 0 Å². The van der Waals surface area contributed by atoms with Crippen LogP contribution >= 0.6 is 0 Å². The molecule has 0 heterocycles. The fourth-order valence-corrected chi connectivity index (χ4v) is 8.01. The summed E-state index contributed by atoms with van der Waals surface area (Å²) >= 11 is 0. The molecule has 0 saturated heterocycles. The molecule has 0 radical (unpaired) electrons. The number of phenolic OH excluding ortho intramolecular Hbond substituents is 1. The monoisotopic (exact) mass is 643 g/mol. The molecule has 4 rings (SSSR count). The van der Waals surface area contributed by atoms with Crippen LogP contribution in [0, 0.1) is 30.1 Å². The van der Waals surface area contributed by atoms with Crippen LogP contribution in [0.1, 0.15) is 173 Å². The van der Waals surface area contributed by atoms with Crippen molar-refractivity contribution in [3.05, 3.63) is 90.5 Å². The molecule has 1 heteroatoms. The molecule has 0 bridgehead atoms. The quantitative estimate of drug-likeness (QED) is 0.161. The maximum absolute atomic E-state index is 9.61. The summed E-state index contributed by atoms with van der Waals surface area (Å²) in [6, 6.07) is 18.2. The van der Waals surface area contributed by atoms with E-state index in [4.69, 9.17) is 0 Å². The maximum Gasteiger partial charge on any atom is 0.115 e.